The summed E-state index contributed by atoms with van der Waals surface area (Å²) in [7, 11) is 3.56. The number of hydrogen-bond acceptors (Lipinski definition) is 3. The van der Waals surface area contributed by atoms with E-state index in [2.05, 4.69) is 24.4 Å². The number of nitrogens with one attached hydrogen (secondary N) is 1. The first kappa shape index (κ1) is 24.6. The number of carbonyl (C=O) groups is 2. The van der Waals surface area contributed by atoms with Crippen molar-refractivity contribution in [2.75, 3.05) is 20.6 Å². The highest BCUT2D eigenvalue weighted by molar-refractivity contribution is 5.75. The van der Waals surface area contributed by atoms with Crippen LogP contribution in [0.1, 0.15) is 84.0 Å². The molecule has 26 heavy (non-hydrogen) atoms. The van der Waals surface area contributed by atoms with Gasteiger partial charge in [0.2, 0.25) is 5.91 Å². The Kier molecular flexibility index (Phi) is 16.2. The van der Waals surface area contributed by atoms with E-state index in [1.54, 1.807) is 19.0 Å². The molecule has 1 atom stereocenters. The lowest BCUT2D eigenvalue weighted by Gasteiger charge is -2.19. The van der Waals surface area contributed by atoms with Crippen molar-refractivity contribution in [3.05, 3.63) is 12.2 Å². The van der Waals surface area contributed by atoms with Crippen molar-refractivity contribution in [3.8, 4) is 0 Å². The number of allylic oxidation sites excluding steroid dienone is 2. The smallest absolute Gasteiger partial charge is 0.320 e. The fourth-order valence-corrected chi connectivity index (χ4v) is 2.86. The molecule has 5 heteroatoms. The molecule has 0 spiro atoms. The minimum Gasteiger partial charge on any atom is -0.480 e. The van der Waals surface area contributed by atoms with Crippen LogP contribution in [0.4, 0.5) is 0 Å². The van der Waals surface area contributed by atoms with Gasteiger partial charge in [-0.25, -0.2) is 0 Å². The van der Waals surface area contributed by atoms with Crippen LogP contribution in [0.25, 0.3) is 0 Å². The number of hydrogen-bond donors (Lipinski definition) is 2. The maximum absolute atomic E-state index is 11.8. The van der Waals surface area contributed by atoms with Gasteiger partial charge >= 0.3 is 5.97 Å². The van der Waals surface area contributed by atoms with Crippen molar-refractivity contribution in [2.24, 2.45) is 0 Å². The molecule has 0 aromatic rings. The molecule has 0 aromatic carbocycles. The van der Waals surface area contributed by atoms with Gasteiger partial charge in [0.1, 0.15) is 6.04 Å². The molecule has 1 amide bonds. The van der Waals surface area contributed by atoms with Crippen LogP contribution >= 0.6 is 0 Å². The molecule has 0 aliphatic carbocycles. The van der Waals surface area contributed by atoms with Gasteiger partial charge < -0.3 is 10.4 Å². The zero-order valence-corrected chi connectivity index (χ0v) is 17.1. The predicted molar refractivity (Wildman–Crippen MR) is 108 cm³/mol. The van der Waals surface area contributed by atoms with Crippen molar-refractivity contribution in [1.82, 2.24) is 10.2 Å². The van der Waals surface area contributed by atoms with Crippen LogP contribution in [0.15, 0.2) is 12.2 Å². The second kappa shape index (κ2) is 17.1. The molecular formula is C21H40N2O3. The summed E-state index contributed by atoms with van der Waals surface area (Å²) in [5, 5.41) is 12.0. The van der Waals surface area contributed by atoms with E-state index in [1.807, 2.05) is 0 Å². The third-order valence-electron chi connectivity index (χ3n) is 4.53. The summed E-state index contributed by atoms with van der Waals surface area (Å²) in [4.78, 5) is 24.6. The molecule has 152 valence electrons. The second-order valence-electron chi connectivity index (χ2n) is 7.23. The molecule has 0 saturated heterocycles. The van der Waals surface area contributed by atoms with Crippen LogP contribution in [0, 0.1) is 0 Å². The van der Waals surface area contributed by atoms with Crippen molar-refractivity contribution in [3.63, 3.8) is 0 Å². The highest BCUT2D eigenvalue weighted by Crippen LogP contribution is 2.08. The lowest BCUT2D eigenvalue weighted by atomic mass is 10.1. The highest BCUT2D eigenvalue weighted by Gasteiger charge is 2.18. The number of aliphatic carboxylic acids is 1. The third kappa shape index (κ3) is 14.9. The molecule has 5 nitrogen and oxygen atoms in total. The Labute approximate surface area is 160 Å². The number of nitrogens with zero attached hydrogens (tertiary/aromatic N) is 1. The molecule has 0 bridgehead atoms. The Morgan fingerprint density at radius 2 is 1.62 bits per heavy atom. The Hall–Kier alpha value is -1.36. The SMILES string of the molecule is CCC/C=C/CCCCCCCC(=O)NCCCC[C@@H](C(=O)O)N(C)C. The predicted octanol–water partition coefficient (Wildman–Crippen LogP) is 4.37. The summed E-state index contributed by atoms with van der Waals surface area (Å²) in [6, 6.07) is -0.437. The maximum atomic E-state index is 11.8. The normalized spacial score (nSPS) is 12.6. The lowest BCUT2D eigenvalue weighted by molar-refractivity contribution is -0.142. The topological polar surface area (TPSA) is 69.6 Å². The molecule has 0 heterocycles. The highest BCUT2D eigenvalue weighted by atomic mass is 16.4. The Bertz CT molecular complexity index is 395. The average molecular weight is 369 g/mol. The summed E-state index contributed by atoms with van der Waals surface area (Å²) < 4.78 is 0. The molecule has 0 aliphatic heterocycles. The fourth-order valence-electron chi connectivity index (χ4n) is 2.86. The van der Waals surface area contributed by atoms with Crippen molar-refractivity contribution in [2.45, 2.75) is 90.0 Å². The van der Waals surface area contributed by atoms with Crippen LogP contribution in [0.5, 0.6) is 0 Å². The first-order chi connectivity index (χ1) is 12.5. The minimum atomic E-state index is -0.781. The second-order valence-corrected chi connectivity index (χ2v) is 7.23. The monoisotopic (exact) mass is 368 g/mol. The molecular weight excluding hydrogens is 328 g/mol. The average Bonchev–Trinajstić information content (AvgIpc) is 2.58. The quantitative estimate of drug-likeness (QED) is 0.295. The number of likely N-dealkylation sites (N-methyl/N-ethyl adjacent to an activating group) is 1. The van der Waals surface area contributed by atoms with Crippen LogP contribution in [0.2, 0.25) is 0 Å². The van der Waals surface area contributed by atoms with Gasteiger partial charge in [0.05, 0.1) is 0 Å². The van der Waals surface area contributed by atoms with Gasteiger partial charge in [-0.1, -0.05) is 44.8 Å². The molecule has 0 fully saturated rings. The van der Waals surface area contributed by atoms with E-state index in [-0.39, 0.29) is 5.91 Å². The van der Waals surface area contributed by atoms with E-state index < -0.39 is 12.0 Å². The number of unbranched alkanes of at least 4 members (excludes halogenated alkanes) is 7. The molecule has 0 aliphatic rings. The van der Waals surface area contributed by atoms with Gasteiger partial charge in [0, 0.05) is 13.0 Å². The number of rotatable bonds is 17. The van der Waals surface area contributed by atoms with Crippen LogP contribution in [-0.4, -0.2) is 48.6 Å². The van der Waals surface area contributed by atoms with Crippen LogP contribution in [-0.2, 0) is 9.59 Å². The van der Waals surface area contributed by atoms with E-state index in [0.717, 1.165) is 25.7 Å². The Balaban J connectivity index is 3.46. The van der Waals surface area contributed by atoms with Gasteiger partial charge in [-0.2, -0.15) is 0 Å². The summed E-state index contributed by atoms with van der Waals surface area (Å²) in [6.45, 7) is 2.84. The van der Waals surface area contributed by atoms with E-state index in [0.29, 0.717) is 19.4 Å². The van der Waals surface area contributed by atoms with Crippen molar-refractivity contribution >= 4 is 11.9 Å². The van der Waals surface area contributed by atoms with E-state index >= 15 is 0 Å². The number of amides is 1. The lowest BCUT2D eigenvalue weighted by Crippen LogP contribution is -2.35. The van der Waals surface area contributed by atoms with E-state index in [1.165, 1.54) is 38.5 Å². The molecule has 0 saturated carbocycles. The first-order valence-corrected chi connectivity index (χ1v) is 10.3. The fraction of sp³-hybridized carbons (Fsp3) is 0.810. The van der Waals surface area contributed by atoms with Gasteiger partial charge in [-0.05, 0) is 59.0 Å². The van der Waals surface area contributed by atoms with Crippen molar-refractivity contribution in [1.29, 1.82) is 0 Å². The summed E-state index contributed by atoms with van der Waals surface area (Å²) in [5.41, 5.74) is 0. The summed E-state index contributed by atoms with van der Waals surface area (Å²) in [5.74, 6) is -0.661. The van der Waals surface area contributed by atoms with E-state index in [4.69, 9.17) is 5.11 Å². The van der Waals surface area contributed by atoms with Crippen LogP contribution < -0.4 is 5.32 Å². The zero-order valence-electron chi connectivity index (χ0n) is 17.1. The van der Waals surface area contributed by atoms with Gasteiger partial charge in [0.15, 0.2) is 0 Å². The summed E-state index contributed by atoms with van der Waals surface area (Å²) >= 11 is 0. The van der Waals surface area contributed by atoms with Gasteiger partial charge in [0.25, 0.3) is 0 Å². The molecule has 0 unspecified atom stereocenters. The Morgan fingerprint density at radius 1 is 0.962 bits per heavy atom. The summed E-state index contributed by atoms with van der Waals surface area (Å²) in [6.07, 6.45) is 16.8. The van der Waals surface area contributed by atoms with E-state index in [9.17, 15) is 9.59 Å². The number of carboxylic acids is 1. The maximum Gasteiger partial charge on any atom is 0.320 e. The van der Waals surface area contributed by atoms with Crippen molar-refractivity contribution < 1.29 is 14.7 Å². The minimum absolute atomic E-state index is 0.120. The first-order valence-electron chi connectivity index (χ1n) is 10.3. The van der Waals surface area contributed by atoms with Crippen LogP contribution in [0.3, 0.4) is 0 Å². The number of carbonyl (C=O) groups excluding carboxylic acids is 1. The largest absolute Gasteiger partial charge is 0.480 e. The van der Waals surface area contributed by atoms with Gasteiger partial charge in [-0.3, -0.25) is 14.5 Å². The molecule has 0 aromatic heterocycles. The standard InChI is InChI=1S/C21H40N2O3/c1-4-5-6-7-8-9-10-11-12-13-17-20(24)22-18-15-14-16-19(21(25)26)23(2)3/h6-7,19H,4-5,8-18H2,1-3H3,(H,22,24)(H,25,26)/b7-6+/t19-/m0/s1. The molecule has 0 rings (SSSR count). The molecule has 2 N–H and O–H groups in total. The Morgan fingerprint density at radius 3 is 2.27 bits per heavy atom. The number of carboxylic acid groups (broad SMARTS) is 1. The third-order valence-corrected chi connectivity index (χ3v) is 4.53. The zero-order chi connectivity index (χ0) is 19.6. The van der Waals surface area contributed by atoms with Gasteiger partial charge in [-0.15, -0.1) is 0 Å². The molecule has 0 radical (unpaired) electrons.